The second-order valence-electron chi connectivity index (χ2n) is 6.56. The first-order valence-corrected chi connectivity index (χ1v) is 8.68. The molecule has 25 heavy (non-hydrogen) atoms. The van der Waals surface area contributed by atoms with E-state index in [0.29, 0.717) is 25.3 Å². The summed E-state index contributed by atoms with van der Waals surface area (Å²) in [6.45, 7) is 2.07. The number of aryl methyl sites for hydroxylation is 1. The number of rotatable bonds is 7. The van der Waals surface area contributed by atoms with E-state index in [2.05, 4.69) is 21.4 Å². The van der Waals surface area contributed by atoms with Gasteiger partial charge in [0.1, 0.15) is 6.10 Å². The van der Waals surface area contributed by atoms with Crippen molar-refractivity contribution < 1.29 is 9.84 Å². The van der Waals surface area contributed by atoms with Crippen molar-refractivity contribution in [3.05, 3.63) is 42.0 Å². The Morgan fingerprint density at radius 2 is 2.20 bits per heavy atom. The Bertz CT molecular complexity index is 704. The molecule has 2 aromatic rings. The van der Waals surface area contributed by atoms with E-state index in [4.69, 9.17) is 4.74 Å². The van der Waals surface area contributed by atoms with Crippen LogP contribution in [0.15, 0.2) is 30.6 Å². The fraction of sp³-hybridized carbons (Fsp3) is 0.556. The molecule has 0 aromatic carbocycles. The predicted molar refractivity (Wildman–Crippen MR) is 90.3 cm³/mol. The molecule has 1 aliphatic heterocycles. The van der Waals surface area contributed by atoms with Crippen LogP contribution in [0.4, 0.5) is 0 Å². The van der Waals surface area contributed by atoms with Crippen LogP contribution in [0.2, 0.25) is 0 Å². The number of hydrogen-bond donors (Lipinski definition) is 1. The molecule has 7 nitrogen and oxygen atoms in total. The Kier molecular flexibility index (Phi) is 5.74. The Balaban J connectivity index is 1.49. The van der Waals surface area contributed by atoms with Crippen LogP contribution in [0.5, 0.6) is 0 Å². The number of aliphatic hydroxyl groups excluding tert-OH is 1. The zero-order valence-corrected chi connectivity index (χ0v) is 14.2. The first kappa shape index (κ1) is 17.5. The largest absolute Gasteiger partial charge is 0.386 e. The van der Waals surface area contributed by atoms with E-state index in [0.717, 1.165) is 37.9 Å². The summed E-state index contributed by atoms with van der Waals surface area (Å²) in [6, 6.07) is 7.95. The van der Waals surface area contributed by atoms with Crippen LogP contribution >= 0.6 is 0 Å². The van der Waals surface area contributed by atoms with Gasteiger partial charge in [-0.05, 0) is 37.8 Å². The van der Waals surface area contributed by atoms with Gasteiger partial charge in [0.2, 0.25) is 0 Å². The van der Waals surface area contributed by atoms with Crippen LogP contribution in [0.3, 0.4) is 0 Å². The van der Waals surface area contributed by atoms with Crippen LogP contribution in [0.1, 0.15) is 43.2 Å². The Morgan fingerprint density at radius 3 is 2.92 bits per heavy atom. The highest BCUT2D eigenvalue weighted by molar-refractivity contribution is 5.09. The van der Waals surface area contributed by atoms with E-state index in [9.17, 15) is 10.4 Å². The minimum absolute atomic E-state index is 0.253. The third kappa shape index (κ3) is 4.62. The topological polar surface area (TPSA) is 96.9 Å². The highest BCUT2D eigenvalue weighted by atomic mass is 16.5. The van der Waals surface area contributed by atoms with Crippen molar-refractivity contribution in [2.45, 2.75) is 44.8 Å². The molecule has 0 spiro atoms. The third-order valence-electron chi connectivity index (χ3n) is 4.75. The summed E-state index contributed by atoms with van der Waals surface area (Å²) in [5.74, 6) is 0. The van der Waals surface area contributed by atoms with Gasteiger partial charge < -0.3 is 9.84 Å². The zero-order chi connectivity index (χ0) is 17.5. The van der Waals surface area contributed by atoms with Gasteiger partial charge in [0.15, 0.2) is 0 Å². The second kappa shape index (κ2) is 8.19. The summed E-state index contributed by atoms with van der Waals surface area (Å²) in [4.78, 5) is 4.15. The molecule has 0 amide bonds. The molecule has 3 rings (SSSR count). The minimum Gasteiger partial charge on any atom is -0.386 e. The summed E-state index contributed by atoms with van der Waals surface area (Å²) in [5, 5.41) is 27.9. The molecule has 132 valence electrons. The molecule has 2 aromatic heterocycles. The number of nitrogens with zero attached hydrogens (tertiary/aromatic N) is 5. The molecular formula is C18H23N5O2. The van der Waals surface area contributed by atoms with Crippen molar-refractivity contribution in [3.63, 3.8) is 0 Å². The summed E-state index contributed by atoms with van der Waals surface area (Å²) in [6.07, 6.45) is 6.56. The summed E-state index contributed by atoms with van der Waals surface area (Å²) in [7, 11) is 0. The van der Waals surface area contributed by atoms with Gasteiger partial charge in [0.25, 0.3) is 0 Å². The monoisotopic (exact) mass is 341 g/mol. The number of nitriles is 1. The highest BCUT2D eigenvalue weighted by Crippen LogP contribution is 2.34. The lowest BCUT2D eigenvalue weighted by Gasteiger charge is -2.30. The summed E-state index contributed by atoms with van der Waals surface area (Å²) in [5.41, 5.74) is 1.11. The predicted octanol–water partition coefficient (Wildman–Crippen LogP) is 2.05. The first-order valence-electron chi connectivity index (χ1n) is 8.68. The summed E-state index contributed by atoms with van der Waals surface area (Å²) < 4.78 is 7.14. The van der Waals surface area contributed by atoms with Gasteiger partial charge >= 0.3 is 0 Å². The molecule has 3 heterocycles. The van der Waals surface area contributed by atoms with Crippen molar-refractivity contribution in [2.24, 2.45) is 5.41 Å². The van der Waals surface area contributed by atoms with Gasteiger partial charge in [0, 0.05) is 38.6 Å². The van der Waals surface area contributed by atoms with Crippen molar-refractivity contribution in [3.8, 4) is 6.07 Å². The number of ether oxygens (including phenoxy) is 1. The van der Waals surface area contributed by atoms with Crippen molar-refractivity contribution in [2.75, 3.05) is 13.2 Å². The van der Waals surface area contributed by atoms with Crippen LogP contribution in [-0.2, 0) is 17.7 Å². The average Bonchev–Trinajstić information content (AvgIpc) is 3.10. The molecule has 1 fully saturated rings. The van der Waals surface area contributed by atoms with Crippen LogP contribution < -0.4 is 0 Å². The van der Waals surface area contributed by atoms with E-state index >= 15 is 0 Å². The molecule has 1 N–H and O–H groups in total. The molecule has 7 heteroatoms. The smallest absolute Gasteiger partial charge is 0.102 e. The van der Waals surface area contributed by atoms with Crippen molar-refractivity contribution >= 4 is 0 Å². The van der Waals surface area contributed by atoms with Gasteiger partial charge in [-0.25, -0.2) is 0 Å². The van der Waals surface area contributed by atoms with Gasteiger partial charge in [0.05, 0.1) is 22.9 Å². The molecule has 0 radical (unpaired) electrons. The lowest BCUT2D eigenvalue weighted by Crippen LogP contribution is -2.28. The Morgan fingerprint density at radius 1 is 1.36 bits per heavy atom. The fourth-order valence-corrected chi connectivity index (χ4v) is 3.18. The average molecular weight is 341 g/mol. The molecule has 1 aliphatic rings. The van der Waals surface area contributed by atoms with E-state index in [1.54, 1.807) is 16.9 Å². The molecule has 0 bridgehead atoms. The number of pyridine rings is 1. The highest BCUT2D eigenvalue weighted by Gasteiger charge is 2.31. The third-order valence-corrected chi connectivity index (χ3v) is 4.75. The number of aliphatic hydroxyl groups is 1. The van der Waals surface area contributed by atoms with E-state index < -0.39 is 6.10 Å². The lowest BCUT2D eigenvalue weighted by atomic mass is 9.78. The van der Waals surface area contributed by atoms with Gasteiger partial charge in [-0.3, -0.25) is 9.67 Å². The minimum atomic E-state index is -0.685. The maximum Gasteiger partial charge on any atom is 0.102 e. The van der Waals surface area contributed by atoms with Crippen molar-refractivity contribution in [1.82, 2.24) is 20.0 Å². The molecular weight excluding hydrogens is 318 g/mol. The SMILES string of the molecule is N#CC1(CCCn2cc(CC(O)c3ccccn3)nn2)CCOCC1. The standard InChI is InChI=1S/C18H23N5O2/c19-14-18(6-10-25-11-7-18)5-3-9-23-13-15(21-22-23)12-17(24)16-4-1-2-8-20-16/h1-2,4,8,13,17,24H,3,5-7,9-12H2. The summed E-state index contributed by atoms with van der Waals surface area (Å²) >= 11 is 0. The molecule has 0 saturated carbocycles. The van der Waals surface area contributed by atoms with Gasteiger partial charge in [-0.1, -0.05) is 11.3 Å². The van der Waals surface area contributed by atoms with Gasteiger partial charge in [-0.2, -0.15) is 5.26 Å². The maximum absolute atomic E-state index is 10.2. The number of hydrogen-bond acceptors (Lipinski definition) is 6. The molecule has 1 atom stereocenters. The van der Waals surface area contributed by atoms with E-state index in [-0.39, 0.29) is 5.41 Å². The zero-order valence-electron chi connectivity index (χ0n) is 14.2. The Hall–Kier alpha value is -2.30. The van der Waals surface area contributed by atoms with Crippen LogP contribution in [0, 0.1) is 16.7 Å². The second-order valence-corrected chi connectivity index (χ2v) is 6.56. The lowest BCUT2D eigenvalue weighted by molar-refractivity contribution is 0.0356. The van der Waals surface area contributed by atoms with Crippen LogP contribution in [-0.4, -0.2) is 38.3 Å². The molecule has 1 unspecified atom stereocenters. The Labute approximate surface area is 147 Å². The maximum atomic E-state index is 10.2. The van der Waals surface area contributed by atoms with E-state index in [1.807, 2.05) is 18.3 Å². The quantitative estimate of drug-likeness (QED) is 0.828. The van der Waals surface area contributed by atoms with E-state index in [1.165, 1.54) is 0 Å². The normalized spacial score (nSPS) is 17.8. The number of aromatic nitrogens is 4. The van der Waals surface area contributed by atoms with Gasteiger partial charge in [-0.15, -0.1) is 5.10 Å². The molecule has 1 saturated heterocycles. The van der Waals surface area contributed by atoms with Crippen LogP contribution in [0.25, 0.3) is 0 Å². The molecule has 0 aliphatic carbocycles. The first-order chi connectivity index (χ1) is 12.2. The van der Waals surface area contributed by atoms with Crippen molar-refractivity contribution in [1.29, 1.82) is 5.26 Å². The fourth-order valence-electron chi connectivity index (χ4n) is 3.18.